The molecule has 2 rings (SSSR count). The summed E-state index contributed by atoms with van der Waals surface area (Å²) in [6.45, 7) is 0. The van der Waals surface area contributed by atoms with Gasteiger partial charge in [-0.25, -0.2) is 0 Å². The van der Waals surface area contributed by atoms with Crippen molar-refractivity contribution < 1.29 is 24.3 Å². The molecule has 24 heavy (non-hydrogen) atoms. The molecule has 0 aliphatic heterocycles. The standard InChI is InChI=1S/C17H20NO5P/c18-16(17(19)20)11-15-10-14(12-4-2-1-3-5-12)7-6-13(15)8-9-24(21,22)23/h1-7,10,16H,8-9,11,18H2,(H,19,20)(H2,21,22,23)/t16-/m0/s1. The lowest BCUT2D eigenvalue weighted by atomic mass is 9.94. The van der Waals surface area contributed by atoms with E-state index in [2.05, 4.69) is 0 Å². The average molecular weight is 349 g/mol. The summed E-state index contributed by atoms with van der Waals surface area (Å²) in [4.78, 5) is 29.2. The van der Waals surface area contributed by atoms with Gasteiger partial charge in [-0.1, -0.05) is 48.5 Å². The van der Waals surface area contributed by atoms with Crippen LogP contribution in [-0.2, 0) is 22.2 Å². The fourth-order valence-electron chi connectivity index (χ4n) is 2.46. The third-order valence-electron chi connectivity index (χ3n) is 3.74. The van der Waals surface area contributed by atoms with Crippen molar-refractivity contribution in [3.8, 4) is 11.1 Å². The molecule has 0 amide bonds. The van der Waals surface area contributed by atoms with Crippen molar-refractivity contribution in [1.29, 1.82) is 0 Å². The maximum atomic E-state index is 11.1. The summed E-state index contributed by atoms with van der Waals surface area (Å²) in [6, 6.07) is 14.0. The number of carbonyl (C=O) groups is 1. The van der Waals surface area contributed by atoms with Crippen LogP contribution in [0.1, 0.15) is 11.1 Å². The third-order valence-corrected chi connectivity index (χ3v) is 4.55. The summed E-state index contributed by atoms with van der Waals surface area (Å²) in [5.41, 5.74) is 8.91. The number of carboxylic acids is 1. The van der Waals surface area contributed by atoms with Gasteiger partial charge in [-0.05, 0) is 35.1 Å². The SMILES string of the molecule is N[C@@H](Cc1cc(-c2ccccc2)ccc1CCP(=O)(O)O)C(=O)O. The Kier molecular flexibility index (Phi) is 5.91. The zero-order chi connectivity index (χ0) is 17.7. The first kappa shape index (κ1) is 18.4. The zero-order valence-electron chi connectivity index (χ0n) is 13.0. The van der Waals surface area contributed by atoms with Crippen LogP contribution in [-0.4, -0.2) is 33.1 Å². The quantitative estimate of drug-likeness (QED) is 0.568. The van der Waals surface area contributed by atoms with E-state index in [0.29, 0.717) is 11.1 Å². The summed E-state index contributed by atoms with van der Waals surface area (Å²) in [5.74, 6) is -1.11. The first-order valence-corrected chi connectivity index (χ1v) is 9.26. The zero-order valence-corrected chi connectivity index (χ0v) is 13.9. The van der Waals surface area contributed by atoms with Gasteiger partial charge in [-0.15, -0.1) is 0 Å². The molecule has 0 aromatic heterocycles. The highest BCUT2D eigenvalue weighted by Gasteiger charge is 2.18. The number of hydrogen-bond donors (Lipinski definition) is 4. The first-order valence-electron chi connectivity index (χ1n) is 7.46. The molecule has 0 saturated carbocycles. The molecular formula is C17H20NO5P. The molecule has 7 heteroatoms. The van der Waals surface area contributed by atoms with Gasteiger partial charge in [0.05, 0.1) is 6.16 Å². The Morgan fingerprint density at radius 2 is 1.71 bits per heavy atom. The minimum absolute atomic E-state index is 0.104. The molecule has 0 saturated heterocycles. The molecule has 128 valence electrons. The first-order chi connectivity index (χ1) is 11.3. The highest BCUT2D eigenvalue weighted by atomic mass is 31.2. The van der Waals surface area contributed by atoms with Crippen LogP contribution >= 0.6 is 7.60 Å². The number of rotatable bonds is 7. The lowest BCUT2D eigenvalue weighted by molar-refractivity contribution is -0.138. The largest absolute Gasteiger partial charge is 0.480 e. The van der Waals surface area contributed by atoms with E-state index in [1.165, 1.54) is 0 Å². The van der Waals surface area contributed by atoms with Gasteiger partial charge in [-0.3, -0.25) is 9.36 Å². The maximum Gasteiger partial charge on any atom is 0.325 e. The summed E-state index contributed by atoms with van der Waals surface area (Å²) < 4.78 is 11.1. The lowest BCUT2D eigenvalue weighted by Crippen LogP contribution is -2.32. The number of aryl methyl sites for hydroxylation is 1. The smallest absolute Gasteiger partial charge is 0.325 e. The Morgan fingerprint density at radius 1 is 1.04 bits per heavy atom. The van der Waals surface area contributed by atoms with E-state index in [1.807, 2.05) is 42.5 Å². The van der Waals surface area contributed by atoms with Gasteiger partial charge in [0.1, 0.15) is 6.04 Å². The van der Waals surface area contributed by atoms with Crippen LogP contribution in [0.5, 0.6) is 0 Å². The molecule has 0 bridgehead atoms. The van der Waals surface area contributed by atoms with Gasteiger partial charge in [0.25, 0.3) is 0 Å². The molecule has 6 nitrogen and oxygen atoms in total. The number of aliphatic carboxylic acids is 1. The van der Waals surface area contributed by atoms with Crippen LogP contribution in [0.4, 0.5) is 0 Å². The van der Waals surface area contributed by atoms with E-state index in [9.17, 15) is 9.36 Å². The molecule has 1 atom stereocenters. The molecule has 0 aliphatic carbocycles. The predicted octanol–water partition coefficient (Wildman–Crippen LogP) is 2.03. The Hall–Kier alpha value is -1.98. The van der Waals surface area contributed by atoms with E-state index in [0.717, 1.165) is 11.1 Å². The molecule has 0 radical (unpaired) electrons. The van der Waals surface area contributed by atoms with Crippen LogP contribution in [0.15, 0.2) is 48.5 Å². The molecule has 2 aromatic rings. The van der Waals surface area contributed by atoms with Gasteiger partial charge < -0.3 is 20.6 Å². The van der Waals surface area contributed by atoms with Crippen LogP contribution in [0, 0.1) is 0 Å². The predicted molar refractivity (Wildman–Crippen MR) is 91.8 cm³/mol. The molecule has 0 unspecified atom stereocenters. The van der Waals surface area contributed by atoms with Gasteiger partial charge in [0.15, 0.2) is 0 Å². The molecule has 0 fully saturated rings. The van der Waals surface area contributed by atoms with Crippen molar-refractivity contribution in [2.24, 2.45) is 5.73 Å². The number of carboxylic acid groups (broad SMARTS) is 1. The minimum Gasteiger partial charge on any atom is -0.480 e. The molecular weight excluding hydrogens is 329 g/mol. The van der Waals surface area contributed by atoms with Crippen molar-refractivity contribution in [3.05, 3.63) is 59.7 Å². The van der Waals surface area contributed by atoms with Crippen LogP contribution in [0.2, 0.25) is 0 Å². The Morgan fingerprint density at radius 3 is 2.29 bits per heavy atom. The summed E-state index contributed by atoms with van der Waals surface area (Å²) in [7, 11) is -4.12. The van der Waals surface area contributed by atoms with Crippen molar-refractivity contribution >= 4 is 13.6 Å². The molecule has 0 aliphatic rings. The second-order valence-electron chi connectivity index (χ2n) is 5.64. The number of hydrogen-bond acceptors (Lipinski definition) is 3. The van der Waals surface area contributed by atoms with E-state index in [1.54, 1.807) is 6.07 Å². The number of nitrogens with two attached hydrogens (primary N) is 1. The Labute approximate surface area is 140 Å². The molecule has 0 heterocycles. The molecule has 0 spiro atoms. The van der Waals surface area contributed by atoms with Crippen molar-refractivity contribution in [3.63, 3.8) is 0 Å². The normalized spacial score (nSPS) is 12.8. The second-order valence-corrected chi connectivity index (χ2v) is 7.41. The fraction of sp³-hybridized carbons (Fsp3) is 0.235. The molecule has 2 aromatic carbocycles. The lowest BCUT2D eigenvalue weighted by Gasteiger charge is -2.15. The highest BCUT2D eigenvalue weighted by molar-refractivity contribution is 7.51. The monoisotopic (exact) mass is 349 g/mol. The third kappa shape index (κ3) is 5.28. The van der Waals surface area contributed by atoms with Crippen molar-refractivity contribution in [2.75, 3.05) is 6.16 Å². The van der Waals surface area contributed by atoms with Gasteiger partial charge in [-0.2, -0.15) is 0 Å². The van der Waals surface area contributed by atoms with Crippen LogP contribution < -0.4 is 5.73 Å². The van der Waals surface area contributed by atoms with E-state index >= 15 is 0 Å². The maximum absolute atomic E-state index is 11.1. The van der Waals surface area contributed by atoms with Gasteiger partial charge in [0.2, 0.25) is 0 Å². The van der Waals surface area contributed by atoms with Crippen LogP contribution in [0.3, 0.4) is 0 Å². The van der Waals surface area contributed by atoms with Gasteiger partial charge in [0, 0.05) is 0 Å². The summed E-state index contributed by atoms with van der Waals surface area (Å²) >= 11 is 0. The highest BCUT2D eigenvalue weighted by Crippen LogP contribution is 2.35. The fourth-order valence-corrected chi connectivity index (χ4v) is 2.99. The van der Waals surface area contributed by atoms with Crippen LogP contribution in [0.25, 0.3) is 11.1 Å². The van der Waals surface area contributed by atoms with E-state index in [-0.39, 0.29) is 19.0 Å². The van der Waals surface area contributed by atoms with Crippen molar-refractivity contribution in [2.45, 2.75) is 18.9 Å². The molecule has 5 N–H and O–H groups in total. The average Bonchev–Trinajstić information content (AvgIpc) is 2.53. The van der Waals surface area contributed by atoms with E-state index in [4.69, 9.17) is 20.6 Å². The summed E-state index contributed by atoms with van der Waals surface area (Å²) in [5, 5.41) is 9.03. The minimum atomic E-state index is -4.12. The number of benzene rings is 2. The van der Waals surface area contributed by atoms with E-state index < -0.39 is 19.6 Å². The Balaban J connectivity index is 2.35. The second kappa shape index (κ2) is 7.73. The van der Waals surface area contributed by atoms with Gasteiger partial charge >= 0.3 is 13.6 Å². The van der Waals surface area contributed by atoms with Crippen molar-refractivity contribution in [1.82, 2.24) is 0 Å². The summed E-state index contributed by atoms with van der Waals surface area (Å²) in [6.07, 6.45) is -0.0134. The topological polar surface area (TPSA) is 121 Å². The Bertz CT molecular complexity index is 757.